The molecule has 0 heterocycles. The lowest BCUT2D eigenvalue weighted by Gasteiger charge is -2.01. The van der Waals surface area contributed by atoms with Crippen molar-refractivity contribution in [3.8, 4) is 0 Å². The van der Waals surface area contributed by atoms with Crippen molar-refractivity contribution in [2.75, 3.05) is 6.61 Å². The highest BCUT2D eigenvalue weighted by Crippen LogP contribution is 2.18. The van der Waals surface area contributed by atoms with Gasteiger partial charge in [-0.2, -0.15) is 0 Å². The number of carboxylic acid groups (broad SMARTS) is 1. The van der Waals surface area contributed by atoms with E-state index in [4.69, 9.17) is 15.3 Å². The van der Waals surface area contributed by atoms with Gasteiger partial charge in [0.15, 0.2) is 0 Å². The van der Waals surface area contributed by atoms with Gasteiger partial charge in [0.25, 0.3) is 0 Å². The largest absolute Gasteiger partial charge is 0.476 e. The van der Waals surface area contributed by atoms with Crippen LogP contribution in [0.2, 0.25) is 0 Å². The minimum atomic E-state index is -2.47. The Bertz CT molecular complexity index is 134. The Morgan fingerprint density at radius 3 is 2.11 bits per heavy atom. The summed E-state index contributed by atoms with van der Waals surface area (Å²) in [6.07, 6.45) is 0. The van der Waals surface area contributed by atoms with Crippen molar-refractivity contribution in [2.24, 2.45) is 0 Å². The van der Waals surface area contributed by atoms with E-state index in [9.17, 15) is 9.36 Å². The second-order valence-electron chi connectivity index (χ2n) is 1.43. The van der Waals surface area contributed by atoms with Gasteiger partial charge in [-0.3, -0.25) is 0 Å². The average molecular weight is 153 g/mol. The number of aliphatic hydroxyl groups excluding tert-OH is 1. The van der Waals surface area contributed by atoms with Crippen LogP contribution in [0.25, 0.3) is 0 Å². The van der Waals surface area contributed by atoms with Crippen molar-refractivity contribution in [3.05, 3.63) is 0 Å². The number of carboxylic acids is 1. The summed E-state index contributed by atoms with van der Waals surface area (Å²) in [6, 6.07) is 0. The van der Waals surface area contributed by atoms with Crippen LogP contribution in [-0.2, 0) is 9.36 Å². The molecule has 5 nitrogen and oxygen atoms in total. The molecule has 0 spiro atoms. The first-order chi connectivity index (χ1) is 4.06. The Hall–Kier alpha value is -0.510. The predicted molar refractivity (Wildman–Crippen MR) is 28.7 cm³/mol. The molecule has 0 rings (SSSR count). The summed E-state index contributed by atoms with van der Waals surface area (Å²) in [5, 5.41) is 22.2. The Balaban J connectivity index is 4.27. The summed E-state index contributed by atoms with van der Waals surface area (Å²) in [6.45, 7) is -1.04. The molecular formula is C3H6O5P+. The highest BCUT2D eigenvalue weighted by Gasteiger charge is 2.44. The highest BCUT2D eigenvalue weighted by atomic mass is 31.1. The summed E-state index contributed by atoms with van der Waals surface area (Å²) < 4.78 is 9.86. The minimum absolute atomic E-state index is 1.04. The van der Waals surface area contributed by atoms with Crippen LogP contribution >= 0.6 is 8.46 Å². The van der Waals surface area contributed by atoms with E-state index in [0.717, 1.165) is 0 Å². The molecule has 0 aromatic heterocycles. The Morgan fingerprint density at radius 1 is 1.67 bits per heavy atom. The number of rotatable bonds is 3. The predicted octanol–water partition coefficient (Wildman–Crippen LogP) is -1.22. The van der Waals surface area contributed by atoms with E-state index in [-0.39, 0.29) is 0 Å². The van der Waals surface area contributed by atoms with Crippen LogP contribution in [0, 0.1) is 0 Å². The Kier molecular flexibility index (Phi) is 2.70. The lowest BCUT2D eigenvalue weighted by Crippen LogP contribution is -2.35. The van der Waals surface area contributed by atoms with Crippen molar-refractivity contribution in [1.82, 2.24) is 0 Å². The monoisotopic (exact) mass is 153 g/mol. The van der Waals surface area contributed by atoms with Crippen molar-refractivity contribution < 1.29 is 24.7 Å². The smallest absolute Gasteiger partial charge is 0.390 e. The van der Waals surface area contributed by atoms with Crippen LogP contribution in [0.5, 0.6) is 0 Å². The summed E-state index contributed by atoms with van der Waals surface area (Å²) in [5.74, 6) is -1.68. The number of carbonyl (C=O) groups is 1. The average Bonchev–Trinajstić information content (AvgIpc) is 1.86. The molecule has 0 aliphatic rings. The first-order valence-electron chi connectivity index (χ1n) is 2.03. The molecule has 3 N–H and O–H groups in total. The van der Waals surface area contributed by atoms with Gasteiger partial charge in [-0.25, -0.2) is 4.79 Å². The molecule has 0 radical (unpaired) electrons. The van der Waals surface area contributed by atoms with Crippen LogP contribution in [-0.4, -0.2) is 33.2 Å². The maximum atomic E-state index is 9.88. The zero-order valence-electron chi connectivity index (χ0n) is 4.37. The van der Waals surface area contributed by atoms with Crippen molar-refractivity contribution in [1.29, 1.82) is 0 Å². The van der Waals surface area contributed by atoms with E-state index in [1.807, 2.05) is 0 Å². The quantitative estimate of drug-likeness (QED) is 0.441. The first kappa shape index (κ1) is 8.49. The standard InChI is InChI=1S/C3H5O5P/c4-1-3(7,9-8)2(5)6/h4,7H,1H2,(H,5,6)/p+1. The van der Waals surface area contributed by atoms with E-state index in [2.05, 4.69) is 0 Å². The van der Waals surface area contributed by atoms with Gasteiger partial charge in [-0.05, 0) is 0 Å². The molecular weight excluding hydrogens is 147 g/mol. The summed E-state index contributed by atoms with van der Waals surface area (Å²) >= 11 is 0. The van der Waals surface area contributed by atoms with Gasteiger partial charge in [-0.15, -0.1) is 0 Å². The van der Waals surface area contributed by atoms with Crippen LogP contribution < -0.4 is 0 Å². The van der Waals surface area contributed by atoms with Crippen LogP contribution in [0.3, 0.4) is 0 Å². The molecule has 0 amide bonds. The molecule has 0 fully saturated rings. The maximum absolute atomic E-state index is 9.88. The van der Waals surface area contributed by atoms with Crippen molar-refractivity contribution >= 4 is 14.4 Å². The van der Waals surface area contributed by atoms with Gasteiger partial charge in [0.2, 0.25) is 0 Å². The molecule has 2 unspecified atom stereocenters. The summed E-state index contributed by atoms with van der Waals surface area (Å²) in [7, 11) is -1.46. The molecule has 6 heteroatoms. The number of aliphatic carboxylic acids is 1. The zero-order chi connectivity index (χ0) is 7.49. The number of hydrogen-bond acceptors (Lipinski definition) is 4. The third kappa shape index (κ3) is 1.71. The third-order valence-corrected chi connectivity index (χ3v) is 1.46. The molecule has 9 heavy (non-hydrogen) atoms. The van der Waals surface area contributed by atoms with Gasteiger partial charge in [0, 0.05) is 0 Å². The summed E-state index contributed by atoms with van der Waals surface area (Å²) in [4.78, 5) is 9.88. The van der Waals surface area contributed by atoms with Crippen molar-refractivity contribution in [3.63, 3.8) is 0 Å². The minimum Gasteiger partial charge on any atom is -0.476 e. The molecule has 0 aliphatic carbocycles. The lowest BCUT2D eigenvalue weighted by atomic mass is 10.4. The molecule has 0 saturated heterocycles. The van der Waals surface area contributed by atoms with Crippen molar-refractivity contribution in [2.45, 2.75) is 5.34 Å². The molecule has 2 atom stereocenters. The fourth-order valence-electron chi connectivity index (χ4n) is 0.144. The van der Waals surface area contributed by atoms with E-state index in [1.54, 1.807) is 0 Å². The second-order valence-corrected chi connectivity index (χ2v) is 2.46. The van der Waals surface area contributed by atoms with E-state index >= 15 is 0 Å². The van der Waals surface area contributed by atoms with E-state index in [1.165, 1.54) is 0 Å². The number of hydrogen-bond donors (Lipinski definition) is 3. The maximum Gasteiger partial charge on any atom is 0.390 e. The molecule has 0 aliphatic heterocycles. The summed E-state index contributed by atoms with van der Waals surface area (Å²) in [5.41, 5.74) is 0. The lowest BCUT2D eigenvalue weighted by molar-refractivity contribution is -0.152. The third-order valence-electron chi connectivity index (χ3n) is 0.751. The van der Waals surface area contributed by atoms with Crippen LogP contribution in [0.1, 0.15) is 0 Å². The normalized spacial score (nSPS) is 17.1. The Labute approximate surface area is 52.1 Å². The molecule has 0 aromatic rings. The highest BCUT2D eigenvalue weighted by molar-refractivity contribution is 7.27. The second kappa shape index (κ2) is 2.87. The van der Waals surface area contributed by atoms with Crippen LogP contribution in [0.15, 0.2) is 0 Å². The van der Waals surface area contributed by atoms with Crippen LogP contribution in [0.4, 0.5) is 0 Å². The van der Waals surface area contributed by atoms with E-state index < -0.39 is 26.4 Å². The zero-order valence-corrected chi connectivity index (χ0v) is 5.37. The topological polar surface area (TPSA) is 94.8 Å². The molecule has 0 aromatic carbocycles. The van der Waals surface area contributed by atoms with Gasteiger partial charge in [-0.1, -0.05) is 4.57 Å². The van der Waals surface area contributed by atoms with Gasteiger partial charge in [0.05, 0.1) is 0 Å². The van der Waals surface area contributed by atoms with Gasteiger partial charge < -0.3 is 15.3 Å². The van der Waals surface area contributed by atoms with Gasteiger partial charge in [0.1, 0.15) is 6.61 Å². The fraction of sp³-hybridized carbons (Fsp3) is 0.667. The Morgan fingerprint density at radius 2 is 2.11 bits per heavy atom. The van der Waals surface area contributed by atoms with E-state index in [0.29, 0.717) is 0 Å². The first-order valence-corrected chi connectivity index (χ1v) is 2.93. The number of aliphatic hydroxyl groups is 2. The fourth-order valence-corrected chi connectivity index (χ4v) is 0.295. The van der Waals surface area contributed by atoms with Gasteiger partial charge >= 0.3 is 19.8 Å². The molecule has 52 valence electrons. The SMILES string of the molecule is O=[PH+]C(O)(CO)C(=O)O. The molecule has 0 saturated carbocycles. The molecule has 0 bridgehead atoms.